The largest absolute Gasteiger partial charge is 0.480 e. The molecule has 0 fully saturated rings. The molecule has 2 heterocycles. The third kappa shape index (κ3) is 3.08. The third-order valence-electron chi connectivity index (χ3n) is 2.33. The van der Waals surface area contributed by atoms with Crippen molar-refractivity contribution >= 4 is 22.4 Å². The van der Waals surface area contributed by atoms with E-state index in [0.29, 0.717) is 17.4 Å². The Morgan fingerprint density at radius 1 is 1.67 bits per heavy atom. The zero-order valence-corrected chi connectivity index (χ0v) is 10.3. The zero-order chi connectivity index (χ0) is 13.0. The highest BCUT2D eigenvalue weighted by atomic mass is 32.1. The molecule has 0 saturated carbocycles. The van der Waals surface area contributed by atoms with E-state index in [1.54, 1.807) is 11.6 Å². The molecular formula is C11H13N3O3S. The summed E-state index contributed by atoms with van der Waals surface area (Å²) in [5.74, 6) is -0.191. The van der Waals surface area contributed by atoms with E-state index in [0.717, 1.165) is 12.2 Å². The van der Waals surface area contributed by atoms with Crippen molar-refractivity contribution in [2.45, 2.75) is 12.5 Å². The van der Waals surface area contributed by atoms with Crippen molar-refractivity contribution in [1.82, 2.24) is 4.98 Å². The Labute approximate surface area is 107 Å². The quantitative estimate of drug-likeness (QED) is 0.732. The van der Waals surface area contributed by atoms with Gasteiger partial charge in [0.15, 0.2) is 5.13 Å². The number of furan rings is 1. The standard InChI is InChI=1S/C11H13N3O3S/c12-9(10(15)16)8-6-18-11(14-8)13-4-3-7-2-1-5-17-7/h1-2,5-6,9H,3-4,12H2,(H,13,14)(H,15,16). The summed E-state index contributed by atoms with van der Waals surface area (Å²) in [6, 6.07) is 2.67. The Hall–Kier alpha value is -1.86. The first kappa shape index (κ1) is 12.6. The predicted molar refractivity (Wildman–Crippen MR) is 67.6 cm³/mol. The molecule has 2 aromatic heterocycles. The molecular weight excluding hydrogens is 254 g/mol. The number of aliphatic carboxylic acids is 1. The van der Waals surface area contributed by atoms with Crippen molar-refractivity contribution in [3.63, 3.8) is 0 Å². The van der Waals surface area contributed by atoms with E-state index < -0.39 is 12.0 Å². The molecule has 0 bridgehead atoms. The minimum atomic E-state index is -1.08. The van der Waals surface area contributed by atoms with Crippen LogP contribution in [0.2, 0.25) is 0 Å². The molecule has 0 aliphatic rings. The average molecular weight is 267 g/mol. The minimum absolute atomic E-state index is 0.369. The summed E-state index contributed by atoms with van der Waals surface area (Å²) in [5.41, 5.74) is 5.83. The van der Waals surface area contributed by atoms with Gasteiger partial charge in [-0.1, -0.05) is 0 Å². The van der Waals surface area contributed by atoms with Crippen molar-refractivity contribution in [3.8, 4) is 0 Å². The smallest absolute Gasteiger partial charge is 0.326 e. The molecule has 18 heavy (non-hydrogen) atoms. The van der Waals surface area contributed by atoms with E-state index in [2.05, 4.69) is 10.3 Å². The maximum absolute atomic E-state index is 10.7. The summed E-state index contributed by atoms with van der Waals surface area (Å²) in [6.07, 6.45) is 2.37. The van der Waals surface area contributed by atoms with E-state index in [1.807, 2.05) is 12.1 Å². The highest BCUT2D eigenvalue weighted by Gasteiger charge is 2.17. The number of carbonyl (C=O) groups is 1. The number of nitrogens with zero attached hydrogens (tertiary/aromatic N) is 1. The highest BCUT2D eigenvalue weighted by Crippen LogP contribution is 2.19. The lowest BCUT2D eigenvalue weighted by Crippen LogP contribution is -2.21. The molecule has 0 aliphatic carbocycles. The van der Waals surface area contributed by atoms with Gasteiger partial charge in [-0.3, -0.25) is 4.79 Å². The molecule has 2 rings (SSSR count). The molecule has 96 valence electrons. The second-order valence-electron chi connectivity index (χ2n) is 3.65. The van der Waals surface area contributed by atoms with Crippen LogP contribution in [0.5, 0.6) is 0 Å². The van der Waals surface area contributed by atoms with E-state index >= 15 is 0 Å². The van der Waals surface area contributed by atoms with Crippen LogP contribution in [0.25, 0.3) is 0 Å². The number of hydrogen-bond donors (Lipinski definition) is 3. The monoisotopic (exact) mass is 267 g/mol. The van der Waals surface area contributed by atoms with Crippen LogP contribution in [-0.2, 0) is 11.2 Å². The van der Waals surface area contributed by atoms with Crippen LogP contribution in [0.15, 0.2) is 28.2 Å². The summed E-state index contributed by atoms with van der Waals surface area (Å²) in [7, 11) is 0. The minimum Gasteiger partial charge on any atom is -0.480 e. The molecule has 4 N–H and O–H groups in total. The SMILES string of the molecule is NC(C(=O)O)c1csc(NCCc2ccco2)n1. The van der Waals surface area contributed by atoms with Crippen molar-refractivity contribution < 1.29 is 14.3 Å². The van der Waals surface area contributed by atoms with Crippen LogP contribution in [0.4, 0.5) is 5.13 Å². The molecule has 0 saturated heterocycles. The number of anilines is 1. The Bertz CT molecular complexity index is 509. The highest BCUT2D eigenvalue weighted by molar-refractivity contribution is 7.13. The molecule has 0 aliphatic heterocycles. The van der Waals surface area contributed by atoms with Gasteiger partial charge in [-0.05, 0) is 12.1 Å². The van der Waals surface area contributed by atoms with E-state index in [-0.39, 0.29) is 0 Å². The lowest BCUT2D eigenvalue weighted by atomic mass is 10.2. The molecule has 0 aromatic carbocycles. The molecule has 0 spiro atoms. The maximum atomic E-state index is 10.7. The Kier molecular flexibility index (Phi) is 3.96. The summed E-state index contributed by atoms with van der Waals surface area (Å²) < 4.78 is 5.19. The number of carboxylic acid groups (broad SMARTS) is 1. The average Bonchev–Trinajstić information content (AvgIpc) is 2.99. The van der Waals surface area contributed by atoms with Gasteiger partial charge in [0.25, 0.3) is 0 Å². The second kappa shape index (κ2) is 5.65. The van der Waals surface area contributed by atoms with Crippen LogP contribution in [0.1, 0.15) is 17.5 Å². The van der Waals surface area contributed by atoms with Crippen molar-refractivity contribution in [1.29, 1.82) is 0 Å². The maximum Gasteiger partial charge on any atom is 0.326 e. The third-order valence-corrected chi connectivity index (χ3v) is 3.15. The van der Waals surface area contributed by atoms with Crippen molar-refractivity contribution in [3.05, 3.63) is 35.2 Å². The fourth-order valence-electron chi connectivity index (χ4n) is 1.38. The lowest BCUT2D eigenvalue weighted by Gasteiger charge is -2.02. The summed E-state index contributed by atoms with van der Waals surface area (Å²) in [5, 5.41) is 14.2. The van der Waals surface area contributed by atoms with Crippen LogP contribution in [0.3, 0.4) is 0 Å². The van der Waals surface area contributed by atoms with E-state index in [9.17, 15) is 4.79 Å². The fourth-order valence-corrected chi connectivity index (χ4v) is 2.16. The van der Waals surface area contributed by atoms with Crippen LogP contribution < -0.4 is 11.1 Å². The van der Waals surface area contributed by atoms with Gasteiger partial charge in [-0.25, -0.2) is 4.98 Å². The summed E-state index contributed by atoms with van der Waals surface area (Å²) in [6.45, 7) is 0.669. The number of aromatic nitrogens is 1. The predicted octanol–water partition coefficient (Wildman–Crippen LogP) is 1.48. The second-order valence-corrected chi connectivity index (χ2v) is 4.51. The van der Waals surface area contributed by atoms with Crippen molar-refractivity contribution in [2.24, 2.45) is 5.73 Å². The first-order chi connectivity index (χ1) is 8.66. The van der Waals surface area contributed by atoms with E-state index in [1.165, 1.54) is 11.3 Å². The van der Waals surface area contributed by atoms with Gasteiger partial charge in [-0.2, -0.15) is 0 Å². The number of nitrogens with one attached hydrogen (secondary N) is 1. The van der Waals surface area contributed by atoms with Gasteiger partial charge in [-0.15, -0.1) is 11.3 Å². The number of nitrogens with two attached hydrogens (primary N) is 1. The van der Waals surface area contributed by atoms with Gasteiger partial charge < -0.3 is 20.6 Å². The number of thiazole rings is 1. The van der Waals surface area contributed by atoms with Gasteiger partial charge in [0, 0.05) is 18.3 Å². The van der Waals surface area contributed by atoms with Gasteiger partial charge in [0.1, 0.15) is 11.8 Å². The van der Waals surface area contributed by atoms with Gasteiger partial charge in [0.05, 0.1) is 12.0 Å². The lowest BCUT2D eigenvalue weighted by molar-refractivity contribution is -0.138. The normalized spacial score (nSPS) is 12.3. The fraction of sp³-hybridized carbons (Fsp3) is 0.273. The Morgan fingerprint density at radius 3 is 3.17 bits per heavy atom. The number of hydrogen-bond acceptors (Lipinski definition) is 6. The number of carboxylic acids is 1. The molecule has 1 unspecified atom stereocenters. The summed E-state index contributed by atoms with van der Waals surface area (Å²) >= 11 is 1.34. The summed E-state index contributed by atoms with van der Waals surface area (Å²) in [4.78, 5) is 14.8. The Morgan fingerprint density at radius 2 is 2.50 bits per heavy atom. The van der Waals surface area contributed by atoms with Gasteiger partial charge >= 0.3 is 5.97 Å². The van der Waals surface area contributed by atoms with Crippen molar-refractivity contribution in [2.75, 3.05) is 11.9 Å². The molecule has 1 atom stereocenters. The molecule has 7 heteroatoms. The Balaban J connectivity index is 1.85. The first-order valence-corrected chi connectivity index (χ1v) is 6.25. The van der Waals surface area contributed by atoms with Crippen LogP contribution in [0, 0.1) is 0 Å². The zero-order valence-electron chi connectivity index (χ0n) is 9.50. The molecule has 6 nitrogen and oxygen atoms in total. The molecule has 0 radical (unpaired) electrons. The topological polar surface area (TPSA) is 101 Å². The van der Waals surface area contributed by atoms with Crippen LogP contribution in [-0.4, -0.2) is 22.6 Å². The number of rotatable bonds is 6. The first-order valence-electron chi connectivity index (χ1n) is 5.37. The van der Waals surface area contributed by atoms with Crippen LogP contribution >= 0.6 is 11.3 Å². The molecule has 2 aromatic rings. The van der Waals surface area contributed by atoms with Gasteiger partial charge in [0.2, 0.25) is 0 Å². The molecule has 0 amide bonds. The van der Waals surface area contributed by atoms with E-state index in [4.69, 9.17) is 15.3 Å².